The lowest BCUT2D eigenvalue weighted by atomic mass is 10.1. The standard InChI is InChI=1S/C11H15N3O2S/c1-7(10-12-3-4-17-10)5-14-6-9(15)13-8(2)11(14)16/h3-4,7-8H,5-6H2,1-2H3,(H,13,15). The summed E-state index contributed by atoms with van der Waals surface area (Å²) in [6, 6.07) is -0.417. The highest BCUT2D eigenvalue weighted by molar-refractivity contribution is 7.09. The molecule has 17 heavy (non-hydrogen) atoms. The fourth-order valence-electron chi connectivity index (χ4n) is 1.92. The molecule has 0 spiro atoms. The van der Waals surface area contributed by atoms with Gasteiger partial charge in [0.15, 0.2) is 0 Å². The normalized spacial score (nSPS) is 22.5. The first-order valence-electron chi connectivity index (χ1n) is 5.55. The van der Waals surface area contributed by atoms with Crippen molar-refractivity contribution in [2.75, 3.05) is 13.1 Å². The number of nitrogens with one attached hydrogen (secondary N) is 1. The van der Waals surface area contributed by atoms with Gasteiger partial charge in [-0.15, -0.1) is 11.3 Å². The van der Waals surface area contributed by atoms with Crippen LogP contribution >= 0.6 is 11.3 Å². The molecule has 0 bridgehead atoms. The number of carbonyl (C=O) groups is 2. The average molecular weight is 253 g/mol. The molecule has 5 nitrogen and oxygen atoms in total. The third-order valence-corrected chi connectivity index (χ3v) is 3.77. The Morgan fingerprint density at radius 2 is 2.41 bits per heavy atom. The number of aromatic nitrogens is 1. The summed E-state index contributed by atoms with van der Waals surface area (Å²) in [5.41, 5.74) is 0. The van der Waals surface area contributed by atoms with Gasteiger partial charge in [0.05, 0.1) is 11.6 Å². The molecule has 2 heterocycles. The first-order chi connectivity index (χ1) is 8.08. The van der Waals surface area contributed by atoms with E-state index in [4.69, 9.17) is 0 Å². The van der Waals surface area contributed by atoms with Crippen LogP contribution < -0.4 is 5.32 Å². The predicted molar refractivity (Wildman–Crippen MR) is 64.7 cm³/mol. The molecule has 1 aromatic heterocycles. The fraction of sp³-hybridized carbons (Fsp3) is 0.545. The highest BCUT2D eigenvalue weighted by Crippen LogP contribution is 2.19. The molecule has 1 saturated heterocycles. The Labute approximate surface area is 104 Å². The monoisotopic (exact) mass is 253 g/mol. The third-order valence-electron chi connectivity index (χ3n) is 2.76. The van der Waals surface area contributed by atoms with Crippen LogP contribution in [0.25, 0.3) is 0 Å². The zero-order valence-corrected chi connectivity index (χ0v) is 10.7. The second kappa shape index (κ2) is 4.83. The maximum absolute atomic E-state index is 11.9. The molecule has 6 heteroatoms. The van der Waals surface area contributed by atoms with Crippen LogP contribution in [0.4, 0.5) is 0 Å². The molecule has 1 aromatic rings. The highest BCUT2D eigenvalue weighted by Gasteiger charge is 2.30. The molecule has 2 rings (SSSR count). The molecule has 2 unspecified atom stereocenters. The van der Waals surface area contributed by atoms with E-state index in [-0.39, 0.29) is 24.3 Å². The summed E-state index contributed by atoms with van der Waals surface area (Å²) in [6.45, 7) is 4.42. The summed E-state index contributed by atoms with van der Waals surface area (Å²) in [4.78, 5) is 29.1. The molecule has 0 aliphatic carbocycles. The van der Waals surface area contributed by atoms with Crippen LogP contribution in [0.15, 0.2) is 11.6 Å². The van der Waals surface area contributed by atoms with Gasteiger partial charge in [0.2, 0.25) is 11.8 Å². The number of rotatable bonds is 3. The van der Waals surface area contributed by atoms with Gasteiger partial charge in [-0.25, -0.2) is 4.98 Å². The molecule has 1 aliphatic heterocycles. The quantitative estimate of drug-likeness (QED) is 0.857. The Kier molecular flexibility index (Phi) is 3.42. The first-order valence-corrected chi connectivity index (χ1v) is 6.43. The van der Waals surface area contributed by atoms with Crippen LogP contribution in [0.2, 0.25) is 0 Å². The van der Waals surface area contributed by atoms with Gasteiger partial charge in [-0.2, -0.15) is 0 Å². The number of nitrogens with zero attached hydrogens (tertiary/aromatic N) is 2. The summed E-state index contributed by atoms with van der Waals surface area (Å²) >= 11 is 1.57. The van der Waals surface area contributed by atoms with E-state index in [2.05, 4.69) is 10.3 Å². The highest BCUT2D eigenvalue weighted by atomic mass is 32.1. The van der Waals surface area contributed by atoms with Crippen LogP contribution in [-0.2, 0) is 9.59 Å². The van der Waals surface area contributed by atoms with Crippen molar-refractivity contribution in [1.29, 1.82) is 0 Å². The molecule has 2 amide bonds. The lowest BCUT2D eigenvalue weighted by Gasteiger charge is -2.32. The molecule has 1 N–H and O–H groups in total. The number of amides is 2. The maximum atomic E-state index is 11.9. The Hall–Kier alpha value is -1.43. The minimum Gasteiger partial charge on any atom is -0.343 e. The van der Waals surface area contributed by atoms with Crippen molar-refractivity contribution in [2.24, 2.45) is 0 Å². The molecule has 1 fully saturated rings. The summed E-state index contributed by atoms with van der Waals surface area (Å²) in [6.07, 6.45) is 1.75. The van der Waals surface area contributed by atoms with Crippen molar-refractivity contribution in [2.45, 2.75) is 25.8 Å². The summed E-state index contributed by atoms with van der Waals surface area (Å²) < 4.78 is 0. The van der Waals surface area contributed by atoms with E-state index >= 15 is 0 Å². The molecule has 92 valence electrons. The van der Waals surface area contributed by atoms with Gasteiger partial charge >= 0.3 is 0 Å². The van der Waals surface area contributed by atoms with Gasteiger partial charge in [-0.3, -0.25) is 9.59 Å². The fourth-order valence-corrected chi connectivity index (χ4v) is 2.60. The Morgan fingerprint density at radius 1 is 1.65 bits per heavy atom. The van der Waals surface area contributed by atoms with Crippen molar-refractivity contribution >= 4 is 23.2 Å². The molecular weight excluding hydrogens is 238 g/mol. The molecule has 1 aliphatic rings. The lowest BCUT2D eigenvalue weighted by Crippen LogP contribution is -2.57. The summed E-state index contributed by atoms with van der Waals surface area (Å²) in [5.74, 6) is 0.0495. The van der Waals surface area contributed by atoms with Crippen LogP contribution in [0.1, 0.15) is 24.8 Å². The maximum Gasteiger partial charge on any atom is 0.245 e. The zero-order valence-electron chi connectivity index (χ0n) is 9.84. The minimum atomic E-state index is -0.417. The molecular formula is C11H15N3O2S. The van der Waals surface area contributed by atoms with E-state index in [1.165, 1.54) is 0 Å². The van der Waals surface area contributed by atoms with Crippen molar-refractivity contribution in [1.82, 2.24) is 15.2 Å². The Bertz CT molecular complexity index is 418. The molecule has 2 atom stereocenters. The second-order valence-electron chi connectivity index (χ2n) is 4.28. The van der Waals surface area contributed by atoms with Crippen LogP contribution in [0.3, 0.4) is 0 Å². The molecule has 0 saturated carbocycles. The SMILES string of the molecule is CC1NC(=O)CN(CC(C)c2nccs2)C1=O. The van der Waals surface area contributed by atoms with Gasteiger partial charge in [0, 0.05) is 24.0 Å². The summed E-state index contributed by atoms with van der Waals surface area (Å²) in [5, 5.41) is 5.54. The van der Waals surface area contributed by atoms with Gasteiger partial charge in [-0.05, 0) is 6.92 Å². The number of piperazine rings is 1. The first kappa shape index (κ1) is 12.0. The van der Waals surface area contributed by atoms with Gasteiger partial charge in [0.1, 0.15) is 6.04 Å². The van der Waals surface area contributed by atoms with Gasteiger partial charge in [0.25, 0.3) is 0 Å². The van der Waals surface area contributed by atoms with E-state index < -0.39 is 6.04 Å². The Balaban J connectivity index is 2.02. The number of thiazole rings is 1. The number of carbonyl (C=O) groups excluding carboxylic acids is 2. The van der Waals surface area contributed by atoms with E-state index in [1.807, 2.05) is 12.3 Å². The van der Waals surface area contributed by atoms with Crippen LogP contribution in [0, 0.1) is 0 Å². The smallest absolute Gasteiger partial charge is 0.245 e. The van der Waals surface area contributed by atoms with Crippen molar-refractivity contribution in [3.8, 4) is 0 Å². The van der Waals surface area contributed by atoms with Crippen molar-refractivity contribution in [3.05, 3.63) is 16.6 Å². The van der Waals surface area contributed by atoms with Crippen LogP contribution in [-0.4, -0.2) is 40.8 Å². The van der Waals surface area contributed by atoms with E-state index in [0.29, 0.717) is 6.54 Å². The summed E-state index contributed by atoms with van der Waals surface area (Å²) in [7, 11) is 0. The van der Waals surface area contributed by atoms with Crippen LogP contribution in [0.5, 0.6) is 0 Å². The third kappa shape index (κ3) is 2.63. The minimum absolute atomic E-state index is 0.0204. The Morgan fingerprint density at radius 3 is 3.06 bits per heavy atom. The molecule has 0 aromatic carbocycles. The molecule has 0 radical (unpaired) electrons. The zero-order chi connectivity index (χ0) is 12.4. The van der Waals surface area contributed by atoms with E-state index in [0.717, 1.165) is 5.01 Å². The van der Waals surface area contributed by atoms with E-state index in [1.54, 1.807) is 29.4 Å². The lowest BCUT2D eigenvalue weighted by molar-refractivity contribution is -0.143. The average Bonchev–Trinajstić information content (AvgIpc) is 2.78. The van der Waals surface area contributed by atoms with E-state index in [9.17, 15) is 9.59 Å². The topological polar surface area (TPSA) is 62.3 Å². The van der Waals surface area contributed by atoms with Crippen molar-refractivity contribution < 1.29 is 9.59 Å². The number of hydrogen-bond acceptors (Lipinski definition) is 4. The van der Waals surface area contributed by atoms with Gasteiger partial charge in [-0.1, -0.05) is 6.92 Å². The number of hydrogen-bond donors (Lipinski definition) is 1. The predicted octanol–water partition coefficient (Wildman–Crippen LogP) is 0.593. The largest absolute Gasteiger partial charge is 0.343 e. The van der Waals surface area contributed by atoms with Gasteiger partial charge < -0.3 is 10.2 Å². The second-order valence-corrected chi connectivity index (χ2v) is 5.21. The van der Waals surface area contributed by atoms with Crippen molar-refractivity contribution in [3.63, 3.8) is 0 Å².